The van der Waals surface area contributed by atoms with Crippen LogP contribution in [-0.2, 0) is 4.79 Å². The first-order valence-electron chi connectivity index (χ1n) is 19.5. The number of nitrogens with zero attached hydrogens (tertiary/aromatic N) is 4. The number of azo groups is 2. The highest BCUT2D eigenvalue weighted by atomic mass is 127. The van der Waals surface area contributed by atoms with E-state index >= 15 is 0 Å². The first kappa shape index (κ1) is 41.4. The highest BCUT2D eigenvalue weighted by molar-refractivity contribution is 14.1. The fourth-order valence-corrected chi connectivity index (χ4v) is 8.59. The molecule has 1 N–H and O–H groups in total. The minimum absolute atomic E-state index is 0.0897. The molecule has 8 nitrogen and oxygen atoms in total. The van der Waals surface area contributed by atoms with Gasteiger partial charge in [0.2, 0.25) is 0 Å². The molecule has 1 aliphatic heterocycles. The summed E-state index contributed by atoms with van der Waals surface area (Å²) in [6.07, 6.45) is 10.9. The van der Waals surface area contributed by atoms with Crippen LogP contribution in [0.15, 0.2) is 151 Å². The molecule has 0 saturated heterocycles. The van der Waals surface area contributed by atoms with Gasteiger partial charge in [-0.15, -0.1) is 5.11 Å². The maximum Gasteiger partial charge on any atom is 0.256 e. The van der Waals surface area contributed by atoms with Crippen LogP contribution >= 0.6 is 54.5 Å². The lowest BCUT2D eigenvalue weighted by atomic mass is 10.0. The SMILES string of the molecule is O=C1Nc2ccc(I)cc2C1=Cc1cc(Br)c(OCCCCCCCCCCOc2ccc3ccccc3c2N=Nc2ccc(N=Nc3ccccc3)cc2)c(Br)c1. The number of unbranched alkanes of at least 4 members (excludes halogenated alkanes) is 7. The Labute approximate surface area is 369 Å². The minimum Gasteiger partial charge on any atom is -0.491 e. The molecule has 0 radical (unpaired) electrons. The average Bonchev–Trinajstić information content (AvgIpc) is 3.54. The van der Waals surface area contributed by atoms with Gasteiger partial charge in [0.25, 0.3) is 5.91 Å². The zero-order valence-electron chi connectivity index (χ0n) is 31.8. The topological polar surface area (TPSA) is 97.0 Å². The maximum absolute atomic E-state index is 12.7. The van der Waals surface area contributed by atoms with E-state index in [9.17, 15) is 4.79 Å². The Hall–Kier alpha value is -4.72. The number of hydrogen-bond donors (Lipinski definition) is 1. The van der Waals surface area contributed by atoms with Crippen molar-refractivity contribution in [2.45, 2.75) is 51.4 Å². The van der Waals surface area contributed by atoms with Gasteiger partial charge in [-0.1, -0.05) is 87.1 Å². The Balaban J connectivity index is 0.807. The second-order valence-corrected chi connectivity index (χ2v) is 16.9. The van der Waals surface area contributed by atoms with Crippen LogP contribution in [0.2, 0.25) is 0 Å². The normalized spacial score (nSPS) is 13.2. The van der Waals surface area contributed by atoms with Gasteiger partial charge >= 0.3 is 0 Å². The van der Waals surface area contributed by atoms with Crippen LogP contribution in [0.4, 0.5) is 28.4 Å². The van der Waals surface area contributed by atoms with E-state index in [1.807, 2.05) is 109 Å². The standard InChI is InChI=1S/C47H42Br2IN5O3/c48-41-29-32(28-40-39-31-34(50)19-24-43(39)51-47(40)56)30-42(49)46(41)58-27-13-6-4-2-1-3-5-12-26-57-44-25-18-33-14-10-11-17-38(33)45(44)55-54-37-22-20-36(21-23-37)53-52-35-15-8-7-9-16-35/h7-11,14-25,28-31H,1-6,12-13,26-27H2,(H,51,56). The monoisotopic (exact) mass is 1010 g/mol. The lowest BCUT2D eigenvalue weighted by molar-refractivity contribution is -0.110. The van der Waals surface area contributed by atoms with E-state index in [-0.39, 0.29) is 5.91 Å². The number of benzene rings is 6. The molecular weight excluding hydrogens is 969 g/mol. The number of amides is 1. The van der Waals surface area contributed by atoms with Crippen LogP contribution in [0, 0.1) is 3.57 Å². The second kappa shape index (κ2) is 20.8. The Bertz CT molecular complexity index is 2430. The summed E-state index contributed by atoms with van der Waals surface area (Å²) in [4.78, 5) is 12.7. The molecule has 0 saturated carbocycles. The molecule has 0 atom stereocenters. The Morgan fingerprint density at radius 1 is 0.603 bits per heavy atom. The molecule has 0 bridgehead atoms. The van der Waals surface area contributed by atoms with Crippen LogP contribution in [0.5, 0.6) is 11.5 Å². The number of hydrogen-bond acceptors (Lipinski definition) is 7. The molecule has 6 aromatic carbocycles. The number of carbonyl (C=O) groups is 1. The molecule has 0 aliphatic carbocycles. The largest absolute Gasteiger partial charge is 0.491 e. The first-order valence-corrected chi connectivity index (χ1v) is 22.2. The first-order chi connectivity index (χ1) is 28.4. The van der Waals surface area contributed by atoms with Gasteiger partial charge in [-0.05, 0) is 157 Å². The number of carbonyl (C=O) groups excluding carboxylic acids is 1. The molecule has 7 rings (SSSR count). The van der Waals surface area contributed by atoms with Crippen molar-refractivity contribution in [3.05, 3.63) is 145 Å². The van der Waals surface area contributed by atoms with Crippen LogP contribution in [0.3, 0.4) is 0 Å². The highest BCUT2D eigenvalue weighted by Gasteiger charge is 2.24. The zero-order valence-corrected chi connectivity index (χ0v) is 37.2. The molecule has 0 aromatic heterocycles. The van der Waals surface area contributed by atoms with Crippen molar-refractivity contribution in [2.75, 3.05) is 18.5 Å². The maximum atomic E-state index is 12.7. The van der Waals surface area contributed by atoms with Gasteiger partial charge in [-0.3, -0.25) is 4.79 Å². The fraction of sp³-hybridized carbons (Fsp3) is 0.213. The van der Waals surface area contributed by atoms with E-state index in [2.05, 4.69) is 98.4 Å². The number of fused-ring (bicyclic) bond motifs is 2. The van der Waals surface area contributed by atoms with Crippen molar-refractivity contribution < 1.29 is 14.3 Å². The van der Waals surface area contributed by atoms with Crippen molar-refractivity contribution in [3.63, 3.8) is 0 Å². The summed E-state index contributed by atoms with van der Waals surface area (Å²) in [5.41, 5.74) is 6.36. The molecule has 0 spiro atoms. The molecule has 1 amide bonds. The number of halogens is 3. The Kier molecular flexibility index (Phi) is 14.9. The van der Waals surface area contributed by atoms with E-state index in [4.69, 9.17) is 9.47 Å². The van der Waals surface area contributed by atoms with Gasteiger partial charge < -0.3 is 14.8 Å². The summed E-state index contributed by atoms with van der Waals surface area (Å²) in [5.74, 6) is 1.43. The van der Waals surface area contributed by atoms with Crippen LogP contribution < -0.4 is 14.8 Å². The summed E-state index contributed by atoms with van der Waals surface area (Å²) in [5, 5.41) is 22.9. The average molecular weight is 1010 g/mol. The third-order valence-electron chi connectivity index (χ3n) is 9.65. The van der Waals surface area contributed by atoms with E-state index in [1.165, 1.54) is 25.7 Å². The third-order valence-corrected chi connectivity index (χ3v) is 11.5. The summed E-state index contributed by atoms with van der Waals surface area (Å²) in [7, 11) is 0. The second-order valence-electron chi connectivity index (χ2n) is 13.9. The zero-order chi connectivity index (χ0) is 40.1. The summed E-state index contributed by atoms with van der Waals surface area (Å²) in [6.45, 7) is 1.28. The molecule has 11 heteroatoms. The summed E-state index contributed by atoms with van der Waals surface area (Å²) in [6, 6.07) is 39.4. The number of nitrogens with one attached hydrogen (secondary N) is 1. The predicted octanol–water partition coefficient (Wildman–Crippen LogP) is 15.9. The Morgan fingerprint density at radius 2 is 1.19 bits per heavy atom. The van der Waals surface area contributed by atoms with Gasteiger partial charge in [0, 0.05) is 25.8 Å². The molecule has 0 fully saturated rings. The Morgan fingerprint density at radius 3 is 1.88 bits per heavy atom. The van der Waals surface area contributed by atoms with Crippen LogP contribution in [0.25, 0.3) is 22.4 Å². The molecule has 1 aliphatic rings. The van der Waals surface area contributed by atoms with Gasteiger partial charge in [-0.2, -0.15) is 15.3 Å². The number of anilines is 1. The van der Waals surface area contributed by atoms with Crippen molar-refractivity contribution >= 4 is 111 Å². The molecule has 0 unspecified atom stereocenters. The van der Waals surface area contributed by atoms with Crippen LogP contribution in [0.1, 0.15) is 62.5 Å². The lowest BCUT2D eigenvalue weighted by Gasteiger charge is -2.12. The molecule has 6 aromatic rings. The van der Waals surface area contributed by atoms with E-state index in [0.717, 1.165) is 100 Å². The van der Waals surface area contributed by atoms with E-state index in [0.29, 0.717) is 18.8 Å². The van der Waals surface area contributed by atoms with Crippen molar-refractivity contribution in [3.8, 4) is 11.5 Å². The van der Waals surface area contributed by atoms with Crippen molar-refractivity contribution in [1.29, 1.82) is 0 Å². The molecule has 1 heterocycles. The predicted molar refractivity (Wildman–Crippen MR) is 251 cm³/mol. The molecule has 294 valence electrons. The third kappa shape index (κ3) is 11.3. The number of rotatable bonds is 18. The quantitative estimate of drug-likeness (QED) is 0.0402. The summed E-state index contributed by atoms with van der Waals surface area (Å²) >= 11 is 9.63. The van der Waals surface area contributed by atoms with Gasteiger partial charge in [-0.25, -0.2) is 0 Å². The van der Waals surface area contributed by atoms with Crippen molar-refractivity contribution in [1.82, 2.24) is 0 Å². The van der Waals surface area contributed by atoms with Crippen LogP contribution in [-0.4, -0.2) is 19.1 Å². The molecule has 58 heavy (non-hydrogen) atoms. The van der Waals surface area contributed by atoms with Crippen molar-refractivity contribution in [2.24, 2.45) is 20.5 Å². The van der Waals surface area contributed by atoms with Gasteiger partial charge in [0.1, 0.15) is 17.2 Å². The van der Waals surface area contributed by atoms with E-state index < -0.39 is 0 Å². The van der Waals surface area contributed by atoms with E-state index in [1.54, 1.807) is 0 Å². The minimum atomic E-state index is -0.0897. The van der Waals surface area contributed by atoms with Gasteiger partial charge in [0.05, 0.1) is 39.2 Å². The lowest BCUT2D eigenvalue weighted by Crippen LogP contribution is -2.03. The highest BCUT2D eigenvalue weighted by Crippen LogP contribution is 2.40. The smallest absolute Gasteiger partial charge is 0.256 e. The summed E-state index contributed by atoms with van der Waals surface area (Å²) < 4.78 is 15.2. The molecular formula is C47H42Br2IN5O3. The van der Waals surface area contributed by atoms with Gasteiger partial charge in [0.15, 0.2) is 0 Å². The number of ether oxygens (including phenoxy) is 2. The fourth-order valence-electron chi connectivity index (χ4n) is 6.65.